The lowest BCUT2D eigenvalue weighted by Crippen LogP contribution is -2.54. The van der Waals surface area contributed by atoms with Gasteiger partial charge in [-0.3, -0.25) is 14.4 Å². The third kappa shape index (κ3) is 9.35. The first-order chi connectivity index (χ1) is 31.3. The highest BCUT2D eigenvalue weighted by atomic mass is 16.5. The van der Waals surface area contributed by atoms with Gasteiger partial charge in [0.1, 0.15) is 23.9 Å². The Labute approximate surface area is 381 Å². The molecule has 0 bridgehead atoms. The molecule has 3 aromatic carbocycles. The smallest absolute Gasteiger partial charge is 0.407 e. The molecule has 4 aliphatic rings. The predicted molar refractivity (Wildman–Crippen MR) is 249 cm³/mol. The number of amides is 5. The number of rotatable bonds is 12. The highest BCUT2D eigenvalue weighted by molar-refractivity contribution is 5.99. The summed E-state index contributed by atoms with van der Waals surface area (Å²) in [6, 6.07) is 18.8. The van der Waals surface area contributed by atoms with Gasteiger partial charge in [0.15, 0.2) is 0 Å². The molecular weight excluding hydrogens is 823 g/mol. The Morgan fingerprint density at radius 2 is 1.28 bits per heavy atom. The van der Waals surface area contributed by atoms with Crippen LogP contribution in [0.3, 0.4) is 0 Å². The molecule has 2 saturated heterocycles. The van der Waals surface area contributed by atoms with Gasteiger partial charge in [0.05, 0.1) is 32.2 Å². The molecule has 3 fully saturated rings. The first kappa shape index (κ1) is 45.4. The lowest BCUT2D eigenvalue weighted by Gasteiger charge is -2.30. The van der Waals surface area contributed by atoms with Gasteiger partial charge in [0.2, 0.25) is 17.7 Å². The lowest BCUT2D eigenvalue weighted by atomic mass is 9.82. The molecule has 3 heterocycles. The van der Waals surface area contributed by atoms with Crippen molar-refractivity contribution < 1.29 is 33.4 Å². The lowest BCUT2D eigenvalue weighted by molar-refractivity contribution is -0.139. The summed E-state index contributed by atoms with van der Waals surface area (Å²) in [4.78, 5) is 77.0. The van der Waals surface area contributed by atoms with Gasteiger partial charge in [0, 0.05) is 18.8 Å². The largest absolute Gasteiger partial charge is 0.453 e. The summed E-state index contributed by atoms with van der Waals surface area (Å²) >= 11 is 0. The van der Waals surface area contributed by atoms with Crippen LogP contribution in [-0.2, 0) is 36.7 Å². The maximum absolute atomic E-state index is 13.8. The number of carbonyl (C=O) groups is 5. The van der Waals surface area contributed by atoms with E-state index in [2.05, 4.69) is 63.4 Å². The number of benzene rings is 3. The fraction of sp³-hybridized carbons (Fsp3) is 0.490. The van der Waals surface area contributed by atoms with Crippen molar-refractivity contribution in [1.29, 1.82) is 0 Å². The van der Waals surface area contributed by atoms with Crippen molar-refractivity contribution in [3.8, 4) is 33.5 Å². The summed E-state index contributed by atoms with van der Waals surface area (Å²) in [7, 11) is 2.56. The number of nitrogens with one attached hydrogen (secondary N) is 4. The van der Waals surface area contributed by atoms with E-state index in [1.54, 1.807) is 4.90 Å². The van der Waals surface area contributed by atoms with Gasteiger partial charge in [-0.2, -0.15) is 0 Å². The van der Waals surface area contributed by atoms with Crippen molar-refractivity contribution in [2.45, 2.75) is 116 Å². The number of H-pyrrole nitrogens is 1. The van der Waals surface area contributed by atoms with Crippen LogP contribution in [-0.4, -0.2) is 95.1 Å². The van der Waals surface area contributed by atoms with Crippen LogP contribution in [0.1, 0.15) is 102 Å². The molecule has 5 amide bonds. The number of alkyl carbamates (subject to hydrolysis) is 2. The van der Waals surface area contributed by atoms with E-state index >= 15 is 0 Å². The standard InChI is InChI=1S/C51H63N7O7/c1-30(2)43(55-49(62)64-5)47(60)57-24-10-14-41(57)45-52-29-40(54-45)33-18-16-32(17-19-33)36-20-21-37(39-28-51(27-38(36)39)22-7-8-23-51)34-12-9-13-35(26-34)53-46(59)42-15-11-25-58(42)48(61)44(31(3)4)56-50(63)65-6/h9,12-13,16-21,26,29-31,41-44H,7-8,10-11,14-15,22-25,27-28H2,1-6H3,(H,52,54)(H,53,59)(H,55,62)(H,56,63)/t41?,42?,43?,44-/m0/s1. The summed E-state index contributed by atoms with van der Waals surface area (Å²) in [5, 5.41) is 8.50. The Kier molecular flexibility index (Phi) is 13.3. The Bertz CT molecular complexity index is 2420. The number of likely N-dealkylation sites (tertiary alicyclic amines) is 2. The van der Waals surface area contributed by atoms with E-state index in [4.69, 9.17) is 14.5 Å². The second kappa shape index (κ2) is 19.1. The second-order valence-corrected chi connectivity index (χ2v) is 19.1. The minimum absolute atomic E-state index is 0.112. The molecule has 3 unspecified atom stereocenters. The number of fused-ring (bicyclic) bond motifs is 1. The van der Waals surface area contributed by atoms with Crippen LogP contribution in [0.2, 0.25) is 0 Å². The van der Waals surface area contributed by atoms with Crippen molar-refractivity contribution >= 4 is 35.6 Å². The maximum atomic E-state index is 13.8. The molecule has 4 atom stereocenters. The number of methoxy groups -OCH3 is 2. The van der Waals surface area contributed by atoms with Gasteiger partial charge in [0.25, 0.3) is 0 Å². The van der Waals surface area contributed by atoms with Crippen LogP contribution >= 0.6 is 0 Å². The Morgan fingerprint density at radius 1 is 0.708 bits per heavy atom. The monoisotopic (exact) mass is 885 g/mol. The van der Waals surface area contributed by atoms with Gasteiger partial charge in [-0.15, -0.1) is 0 Å². The molecular formula is C51H63N7O7. The normalized spacial score (nSPS) is 19.6. The van der Waals surface area contributed by atoms with Gasteiger partial charge in [-0.25, -0.2) is 14.6 Å². The average molecular weight is 886 g/mol. The molecule has 65 heavy (non-hydrogen) atoms. The molecule has 8 rings (SSSR count). The first-order valence-corrected chi connectivity index (χ1v) is 23.3. The number of carbonyl (C=O) groups excluding carboxylic acids is 5. The third-order valence-corrected chi connectivity index (χ3v) is 14.2. The van der Waals surface area contributed by atoms with E-state index in [-0.39, 0.29) is 41.0 Å². The van der Waals surface area contributed by atoms with Crippen molar-refractivity contribution in [3.63, 3.8) is 0 Å². The number of ether oxygens (including phenoxy) is 2. The van der Waals surface area contributed by atoms with Crippen molar-refractivity contribution in [1.82, 2.24) is 30.4 Å². The summed E-state index contributed by atoms with van der Waals surface area (Å²) in [5.41, 5.74) is 10.2. The zero-order chi connectivity index (χ0) is 46.0. The summed E-state index contributed by atoms with van der Waals surface area (Å²) < 4.78 is 9.56. The van der Waals surface area contributed by atoms with Crippen LogP contribution in [0.5, 0.6) is 0 Å². The molecule has 14 nitrogen and oxygen atoms in total. The fourth-order valence-electron chi connectivity index (χ4n) is 10.8. The van der Waals surface area contributed by atoms with E-state index in [9.17, 15) is 24.0 Å². The van der Waals surface area contributed by atoms with E-state index in [0.29, 0.717) is 31.6 Å². The van der Waals surface area contributed by atoms with E-state index in [1.165, 1.54) is 62.2 Å². The minimum Gasteiger partial charge on any atom is -0.453 e. The molecule has 4 N–H and O–H groups in total. The third-order valence-electron chi connectivity index (χ3n) is 14.2. The van der Waals surface area contributed by atoms with Gasteiger partial charge >= 0.3 is 12.2 Å². The minimum atomic E-state index is -0.800. The molecule has 2 aliphatic carbocycles. The van der Waals surface area contributed by atoms with Gasteiger partial charge in [-0.1, -0.05) is 89.1 Å². The topological polar surface area (TPSA) is 175 Å². The molecule has 14 heteroatoms. The van der Waals surface area contributed by atoms with Crippen molar-refractivity contribution in [2.75, 3.05) is 32.6 Å². The Hall–Kier alpha value is -6.18. The zero-order valence-corrected chi connectivity index (χ0v) is 38.5. The summed E-state index contributed by atoms with van der Waals surface area (Å²) in [5.74, 6) is -0.232. The van der Waals surface area contributed by atoms with E-state index < -0.39 is 30.3 Å². The quantitative estimate of drug-likeness (QED) is 0.110. The number of imidazole rings is 1. The second-order valence-electron chi connectivity index (χ2n) is 19.1. The van der Waals surface area contributed by atoms with E-state index in [1.807, 2.05) is 57.0 Å². The molecule has 1 saturated carbocycles. The highest BCUT2D eigenvalue weighted by Gasteiger charge is 2.43. The number of aromatic nitrogens is 2. The average Bonchev–Trinajstić information content (AvgIpc) is 4.17. The van der Waals surface area contributed by atoms with Crippen LogP contribution < -0.4 is 16.0 Å². The number of hydrogen-bond donors (Lipinski definition) is 4. The Morgan fingerprint density at radius 3 is 1.89 bits per heavy atom. The Balaban J connectivity index is 1.01. The number of aromatic amines is 1. The fourth-order valence-corrected chi connectivity index (χ4v) is 10.8. The van der Waals surface area contributed by atoms with Gasteiger partial charge in [-0.05, 0) is 120 Å². The molecule has 344 valence electrons. The van der Waals surface area contributed by atoms with E-state index in [0.717, 1.165) is 53.9 Å². The molecule has 2 aliphatic heterocycles. The molecule has 0 radical (unpaired) electrons. The summed E-state index contributed by atoms with van der Waals surface area (Å²) in [6.45, 7) is 8.57. The molecule has 4 aromatic rings. The zero-order valence-electron chi connectivity index (χ0n) is 38.5. The maximum Gasteiger partial charge on any atom is 0.407 e. The molecule has 1 spiro atoms. The van der Waals surface area contributed by atoms with Gasteiger partial charge < -0.3 is 40.2 Å². The number of anilines is 1. The number of hydrogen-bond acceptors (Lipinski definition) is 8. The van der Waals surface area contributed by atoms with Crippen molar-refractivity contribution in [2.24, 2.45) is 17.3 Å². The highest BCUT2D eigenvalue weighted by Crippen LogP contribution is 2.53. The van der Waals surface area contributed by atoms with Crippen LogP contribution in [0, 0.1) is 17.3 Å². The SMILES string of the molecule is COC(=O)NC(C(=O)N1CCCC1c1ncc(-c2ccc(-c3ccc(-c4cccc(NC(=O)C5CCCN5C(=O)[C@@H](NC(=O)OC)C(C)C)c4)c4c3CC3(CCCC3)C4)cc2)[nH]1)C(C)C. The number of nitrogens with zero attached hydrogens (tertiary/aromatic N) is 3. The summed E-state index contributed by atoms with van der Waals surface area (Å²) in [6.07, 6.45) is 10.4. The first-order valence-electron chi connectivity index (χ1n) is 23.3. The van der Waals surface area contributed by atoms with Crippen LogP contribution in [0.4, 0.5) is 15.3 Å². The van der Waals surface area contributed by atoms with Crippen LogP contribution in [0.15, 0.2) is 66.9 Å². The predicted octanol–water partition coefficient (Wildman–Crippen LogP) is 8.42. The van der Waals surface area contributed by atoms with Crippen LogP contribution in [0.25, 0.3) is 33.5 Å². The van der Waals surface area contributed by atoms with Crippen molar-refractivity contribution in [3.05, 3.63) is 83.8 Å². The molecule has 1 aromatic heterocycles.